The number of fused-ring (bicyclic) bond motifs is 1. The van der Waals surface area contributed by atoms with Gasteiger partial charge in [0.15, 0.2) is 5.65 Å². The number of ether oxygens (including phenoxy) is 2. The normalized spacial score (nSPS) is 10.9. The molecule has 0 aliphatic rings. The lowest BCUT2D eigenvalue weighted by molar-refractivity contribution is 0.0948. The Labute approximate surface area is 180 Å². The summed E-state index contributed by atoms with van der Waals surface area (Å²) < 4.78 is 10.3. The summed E-state index contributed by atoms with van der Waals surface area (Å²) in [5.41, 5.74) is 4.87. The van der Waals surface area contributed by atoms with E-state index in [2.05, 4.69) is 15.3 Å². The molecule has 0 aliphatic carbocycles. The zero-order chi connectivity index (χ0) is 21.6. The predicted octanol–water partition coefficient (Wildman–Crippen LogP) is 4.07. The van der Waals surface area contributed by atoms with Gasteiger partial charge in [0, 0.05) is 43.1 Å². The van der Waals surface area contributed by atoms with Gasteiger partial charge in [-0.1, -0.05) is 24.3 Å². The van der Waals surface area contributed by atoms with Crippen LogP contribution in [0.2, 0.25) is 0 Å². The average molecular weight is 416 g/mol. The van der Waals surface area contributed by atoms with Gasteiger partial charge < -0.3 is 19.8 Å². The van der Waals surface area contributed by atoms with Crippen molar-refractivity contribution < 1.29 is 14.3 Å². The molecule has 2 aromatic heterocycles. The van der Waals surface area contributed by atoms with Gasteiger partial charge in [0.1, 0.15) is 17.1 Å². The molecule has 0 bridgehead atoms. The van der Waals surface area contributed by atoms with E-state index in [1.807, 2.05) is 48.5 Å². The highest BCUT2D eigenvalue weighted by atomic mass is 16.5. The van der Waals surface area contributed by atoms with Gasteiger partial charge in [-0.3, -0.25) is 4.79 Å². The standard InChI is InChI=1S/C24H24N4O3/c1-30-14-4-12-26-24(29)18-6-3-5-17(15-18)22-27-21-20(11-13-25-23(21)28-22)16-7-9-19(31-2)10-8-16/h3,5-11,13,15H,4,12,14H2,1-2H3,(H,26,29)(H,25,27,28). The van der Waals surface area contributed by atoms with Crippen molar-refractivity contribution in [3.05, 3.63) is 66.4 Å². The number of H-pyrrole nitrogens is 1. The number of rotatable bonds is 8. The molecule has 4 rings (SSSR count). The number of carbonyl (C=O) groups is 1. The maximum absolute atomic E-state index is 12.4. The van der Waals surface area contributed by atoms with Crippen LogP contribution < -0.4 is 10.1 Å². The summed E-state index contributed by atoms with van der Waals surface area (Å²) in [4.78, 5) is 24.9. The molecule has 4 aromatic rings. The molecule has 0 spiro atoms. The Balaban J connectivity index is 1.62. The minimum absolute atomic E-state index is 0.119. The van der Waals surface area contributed by atoms with E-state index in [1.165, 1.54) is 0 Å². The van der Waals surface area contributed by atoms with Crippen molar-refractivity contribution in [1.82, 2.24) is 20.3 Å². The van der Waals surface area contributed by atoms with Crippen LogP contribution in [0.5, 0.6) is 5.75 Å². The van der Waals surface area contributed by atoms with E-state index in [9.17, 15) is 4.79 Å². The maximum atomic E-state index is 12.4. The zero-order valence-electron chi connectivity index (χ0n) is 17.5. The Kier molecular flexibility index (Phi) is 6.24. The van der Waals surface area contributed by atoms with E-state index in [0.29, 0.717) is 30.2 Å². The van der Waals surface area contributed by atoms with E-state index >= 15 is 0 Å². The highest BCUT2D eigenvalue weighted by Crippen LogP contribution is 2.29. The molecule has 158 valence electrons. The molecule has 0 atom stereocenters. The van der Waals surface area contributed by atoms with Gasteiger partial charge >= 0.3 is 0 Å². The first-order chi connectivity index (χ1) is 15.2. The Morgan fingerprint density at radius 2 is 1.90 bits per heavy atom. The molecular formula is C24H24N4O3. The van der Waals surface area contributed by atoms with Gasteiger partial charge in [-0.2, -0.15) is 0 Å². The molecule has 31 heavy (non-hydrogen) atoms. The van der Waals surface area contributed by atoms with E-state index in [1.54, 1.807) is 26.5 Å². The SMILES string of the molecule is COCCCNC(=O)c1cccc(-c2nc3c(-c4ccc(OC)cc4)ccnc3[nH]2)c1. The fourth-order valence-electron chi connectivity index (χ4n) is 3.38. The lowest BCUT2D eigenvalue weighted by Gasteiger charge is -2.06. The Morgan fingerprint density at radius 3 is 2.68 bits per heavy atom. The lowest BCUT2D eigenvalue weighted by Crippen LogP contribution is -2.25. The number of imidazole rings is 1. The van der Waals surface area contributed by atoms with Crippen LogP contribution in [0.1, 0.15) is 16.8 Å². The number of nitrogens with zero attached hydrogens (tertiary/aromatic N) is 2. The van der Waals surface area contributed by atoms with Gasteiger partial charge in [0.25, 0.3) is 5.91 Å². The Morgan fingerprint density at radius 1 is 1.06 bits per heavy atom. The van der Waals surface area contributed by atoms with Crippen molar-refractivity contribution in [3.8, 4) is 28.3 Å². The molecule has 0 saturated heterocycles. The first kappa shape index (κ1) is 20.6. The van der Waals surface area contributed by atoms with Gasteiger partial charge in [-0.25, -0.2) is 9.97 Å². The fourth-order valence-corrected chi connectivity index (χ4v) is 3.38. The van der Waals surface area contributed by atoms with Crippen LogP contribution in [0.15, 0.2) is 60.8 Å². The summed E-state index contributed by atoms with van der Waals surface area (Å²) in [6.07, 6.45) is 2.53. The highest BCUT2D eigenvalue weighted by Gasteiger charge is 2.13. The van der Waals surface area contributed by atoms with Crippen LogP contribution in [-0.4, -0.2) is 48.2 Å². The van der Waals surface area contributed by atoms with Crippen molar-refractivity contribution in [1.29, 1.82) is 0 Å². The van der Waals surface area contributed by atoms with Crippen LogP contribution in [0.3, 0.4) is 0 Å². The monoisotopic (exact) mass is 416 g/mol. The summed E-state index contributed by atoms with van der Waals surface area (Å²) in [6, 6.07) is 17.2. The van der Waals surface area contributed by atoms with Gasteiger partial charge in [-0.05, 0) is 42.3 Å². The van der Waals surface area contributed by atoms with Crippen molar-refractivity contribution in [2.45, 2.75) is 6.42 Å². The quantitative estimate of drug-likeness (QED) is 0.423. The Bertz CT molecular complexity index is 1190. The second-order valence-corrected chi connectivity index (χ2v) is 7.05. The van der Waals surface area contributed by atoms with Crippen molar-refractivity contribution in [3.63, 3.8) is 0 Å². The Hall–Kier alpha value is -3.71. The molecule has 7 nitrogen and oxygen atoms in total. The lowest BCUT2D eigenvalue weighted by atomic mass is 10.1. The molecular weight excluding hydrogens is 392 g/mol. The van der Waals surface area contributed by atoms with Crippen LogP contribution in [0, 0.1) is 0 Å². The van der Waals surface area contributed by atoms with E-state index < -0.39 is 0 Å². The second-order valence-electron chi connectivity index (χ2n) is 7.05. The molecule has 2 aromatic carbocycles. The molecule has 1 amide bonds. The number of methoxy groups -OCH3 is 2. The van der Waals surface area contributed by atoms with Crippen molar-refractivity contribution in [2.75, 3.05) is 27.4 Å². The molecule has 7 heteroatoms. The summed E-state index contributed by atoms with van der Waals surface area (Å²) in [6.45, 7) is 1.18. The maximum Gasteiger partial charge on any atom is 0.251 e. The van der Waals surface area contributed by atoms with E-state index in [4.69, 9.17) is 14.5 Å². The van der Waals surface area contributed by atoms with Gasteiger partial charge in [0.2, 0.25) is 0 Å². The van der Waals surface area contributed by atoms with Crippen LogP contribution >= 0.6 is 0 Å². The van der Waals surface area contributed by atoms with Crippen LogP contribution in [-0.2, 0) is 4.74 Å². The molecule has 0 saturated carbocycles. The first-order valence-electron chi connectivity index (χ1n) is 10.1. The number of carbonyl (C=O) groups excluding carboxylic acids is 1. The van der Waals surface area contributed by atoms with Crippen molar-refractivity contribution in [2.24, 2.45) is 0 Å². The number of aromatic nitrogens is 3. The number of aromatic amines is 1. The third-order valence-corrected chi connectivity index (χ3v) is 4.99. The second kappa shape index (κ2) is 9.40. The number of benzene rings is 2. The number of nitrogens with one attached hydrogen (secondary N) is 2. The molecule has 0 fully saturated rings. The average Bonchev–Trinajstić information content (AvgIpc) is 3.26. The third-order valence-electron chi connectivity index (χ3n) is 4.99. The summed E-state index contributed by atoms with van der Waals surface area (Å²) in [5, 5.41) is 2.91. The van der Waals surface area contributed by atoms with Crippen LogP contribution in [0.25, 0.3) is 33.7 Å². The third kappa shape index (κ3) is 4.57. The number of hydrogen-bond donors (Lipinski definition) is 2. The topological polar surface area (TPSA) is 89.1 Å². The van der Waals surface area contributed by atoms with E-state index in [-0.39, 0.29) is 5.91 Å². The fraction of sp³-hybridized carbons (Fsp3) is 0.208. The highest BCUT2D eigenvalue weighted by molar-refractivity contribution is 5.96. The van der Waals surface area contributed by atoms with E-state index in [0.717, 1.165) is 34.4 Å². The first-order valence-corrected chi connectivity index (χ1v) is 10.1. The minimum atomic E-state index is -0.119. The van der Waals surface area contributed by atoms with Crippen LogP contribution in [0.4, 0.5) is 0 Å². The largest absolute Gasteiger partial charge is 0.497 e. The zero-order valence-corrected chi connectivity index (χ0v) is 17.5. The number of amides is 1. The van der Waals surface area contributed by atoms with Crippen molar-refractivity contribution >= 4 is 17.1 Å². The molecule has 0 aliphatic heterocycles. The van der Waals surface area contributed by atoms with Gasteiger partial charge in [0.05, 0.1) is 7.11 Å². The summed E-state index contributed by atoms with van der Waals surface area (Å²) >= 11 is 0. The molecule has 0 unspecified atom stereocenters. The smallest absolute Gasteiger partial charge is 0.251 e. The number of hydrogen-bond acceptors (Lipinski definition) is 5. The molecule has 2 N–H and O–H groups in total. The number of pyridine rings is 1. The van der Waals surface area contributed by atoms with Gasteiger partial charge in [-0.15, -0.1) is 0 Å². The molecule has 2 heterocycles. The minimum Gasteiger partial charge on any atom is -0.497 e. The summed E-state index contributed by atoms with van der Waals surface area (Å²) in [5.74, 6) is 1.35. The summed E-state index contributed by atoms with van der Waals surface area (Å²) in [7, 11) is 3.29. The predicted molar refractivity (Wildman–Crippen MR) is 120 cm³/mol. The molecule has 0 radical (unpaired) electrons.